The van der Waals surface area contributed by atoms with E-state index in [9.17, 15) is 4.79 Å². The summed E-state index contributed by atoms with van der Waals surface area (Å²) in [5.41, 5.74) is 1.66. The Morgan fingerprint density at radius 2 is 2.11 bits per heavy atom. The molecule has 1 aliphatic carbocycles. The van der Waals surface area contributed by atoms with Crippen molar-refractivity contribution < 1.29 is 9.53 Å². The molecule has 138 valence electrons. The van der Waals surface area contributed by atoms with Gasteiger partial charge in [0.25, 0.3) is 0 Å². The van der Waals surface area contributed by atoms with Crippen molar-refractivity contribution in [3.05, 3.63) is 42.7 Å². The minimum absolute atomic E-state index is 0.303. The van der Waals surface area contributed by atoms with Crippen molar-refractivity contribution in [1.82, 2.24) is 19.4 Å². The SMILES string of the molecule is COc1cccc2ccc(-c3nccn3C[C@@H]3CC(=O)N(C4CC4)C3)nc12. The monoisotopic (exact) mass is 362 g/mol. The minimum Gasteiger partial charge on any atom is -0.494 e. The van der Waals surface area contributed by atoms with Crippen LogP contribution in [0.2, 0.25) is 0 Å². The van der Waals surface area contributed by atoms with Crippen molar-refractivity contribution in [2.75, 3.05) is 13.7 Å². The largest absolute Gasteiger partial charge is 0.494 e. The van der Waals surface area contributed by atoms with Crippen LogP contribution in [0.5, 0.6) is 5.75 Å². The molecule has 1 saturated heterocycles. The van der Waals surface area contributed by atoms with E-state index in [1.165, 1.54) is 0 Å². The fourth-order valence-electron chi connectivity index (χ4n) is 4.05. The first-order chi connectivity index (χ1) is 13.2. The van der Waals surface area contributed by atoms with Crippen LogP contribution in [0.25, 0.3) is 22.4 Å². The van der Waals surface area contributed by atoms with E-state index in [0.717, 1.165) is 54.1 Å². The van der Waals surface area contributed by atoms with Crippen LogP contribution in [0.4, 0.5) is 0 Å². The van der Waals surface area contributed by atoms with Crippen LogP contribution in [-0.4, -0.2) is 45.0 Å². The maximum Gasteiger partial charge on any atom is 0.223 e. The number of hydrogen-bond donors (Lipinski definition) is 0. The minimum atomic E-state index is 0.303. The number of nitrogens with zero attached hydrogens (tertiary/aromatic N) is 4. The Balaban J connectivity index is 1.43. The number of ether oxygens (including phenoxy) is 1. The third kappa shape index (κ3) is 2.95. The average molecular weight is 362 g/mol. The quantitative estimate of drug-likeness (QED) is 0.700. The molecule has 6 heteroatoms. The molecule has 1 atom stereocenters. The smallest absolute Gasteiger partial charge is 0.223 e. The normalized spacial score (nSPS) is 19.8. The summed E-state index contributed by atoms with van der Waals surface area (Å²) < 4.78 is 7.58. The molecule has 3 heterocycles. The second-order valence-electron chi connectivity index (χ2n) is 7.48. The summed E-state index contributed by atoms with van der Waals surface area (Å²) >= 11 is 0. The molecular formula is C21H22N4O2. The number of fused-ring (bicyclic) bond motifs is 1. The number of rotatable bonds is 5. The molecule has 1 saturated carbocycles. The number of carbonyl (C=O) groups is 1. The van der Waals surface area contributed by atoms with Crippen molar-refractivity contribution in [1.29, 1.82) is 0 Å². The Kier molecular flexibility index (Phi) is 3.85. The highest BCUT2D eigenvalue weighted by Crippen LogP contribution is 2.33. The summed E-state index contributed by atoms with van der Waals surface area (Å²) in [4.78, 5) is 23.7. The van der Waals surface area contributed by atoms with Crippen molar-refractivity contribution >= 4 is 16.8 Å². The molecule has 0 radical (unpaired) electrons. The highest BCUT2D eigenvalue weighted by Gasteiger charge is 2.39. The Bertz CT molecular complexity index is 1010. The Hall–Kier alpha value is -2.89. The van der Waals surface area contributed by atoms with Gasteiger partial charge in [0.2, 0.25) is 5.91 Å². The second-order valence-corrected chi connectivity index (χ2v) is 7.48. The fraction of sp³-hybridized carbons (Fsp3) is 0.381. The third-order valence-corrected chi connectivity index (χ3v) is 5.53. The number of benzene rings is 1. The summed E-state index contributed by atoms with van der Waals surface area (Å²) in [7, 11) is 1.66. The zero-order chi connectivity index (χ0) is 18.4. The first-order valence-electron chi connectivity index (χ1n) is 9.47. The van der Waals surface area contributed by atoms with E-state index in [-0.39, 0.29) is 0 Å². The lowest BCUT2D eigenvalue weighted by Gasteiger charge is -2.16. The maximum absolute atomic E-state index is 12.2. The van der Waals surface area contributed by atoms with E-state index in [1.807, 2.05) is 36.5 Å². The molecule has 5 rings (SSSR count). The van der Waals surface area contributed by atoms with E-state index in [2.05, 4.69) is 14.5 Å². The molecule has 3 aromatic rings. The summed E-state index contributed by atoms with van der Waals surface area (Å²) in [6, 6.07) is 10.5. The van der Waals surface area contributed by atoms with Gasteiger partial charge in [-0.1, -0.05) is 18.2 Å². The number of amides is 1. The lowest BCUT2D eigenvalue weighted by Crippen LogP contribution is -2.27. The van der Waals surface area contributed by atoms with E-state index in [4.69, 9.17) is 9.72 Å². The van der Waals surface area contributed by atoms with E-state index < -0.39 is 0 Å². The summed E-state index contributed by atoms with van der Waals surface area (Å²) in [5, 5.41) is 1.04. The number of likely N-dealkylation sites (tertiary alicyclic amines) is 1. The first-order valence-corrected chi connectivity index (χ1v) is 9.47. The van der Waals surface area contributed by atoms with Crippen molar-refractivity contribution in [3.63, 3.8) is 0 Å². The van der Waals surface area contributed by atoms with Crippen LogP contribution >= 0.6 is 0 Å². The predicted octanol–water partition coefficient (Wildman–Crippen LogP) is 3.12. The standard InChI is InChI=1S/C21H22N4O2/c1-27-18-4-2-3-15-5-8-17(23-20(15)18)21-22-9-10-24(21)12-14-11-19(26)25(13-14)16-6-7-16/h2-5,8-10,14,16H,6-7,11-13H2,1H3/t14-/m0/s1. The molecule has 2 aromatic heterocycles. The van der Waals surface area contributed by atoms with Gasteiger partial charge in [0, 0.05) is 49.2 Å². The Morgan fingerprint density at radius 1 is 1.22 bits per heavy atom. The number of para-hydroxylation sites is 1. The van der Waals surface area contributed by atoms with Gasteiger partial charge in [-0.3, -0.25) is 4.79 Å². The van der Waals surface area contributed by atoms with Crippen molar-refractivity contribution in [2.45, 2.75) is 31.8 Å². The highest BCUT2D eigenvalue weighted by atomic mass is 16.5. The number of imidazole rings is 1. The molecule has 6 nitrogen and oxygen atoms in total. The van der Waals surface area contributed by atoms with Gasteiger partial charge in [-0.05, 0) is 25.0 Å². The van der Waals surface area contributed by atoms with Gasteiger partial charge in [-0.25, -0.2) is 9.97 Å². The molecule has 1 amide bonds. The van der Waals surface area contributed by atoms with Crippen LogP contribution in [0, 0.1) is 5.92 Å². The molecule has 0 unspecified atom stereocenters. The van der Waals surface area contributed by atoms with Gasteiger partial charge in [0.1, 0.15) is 17.0 Å². The number of aromatic nitrogens is 3. The Morgan fingerprint density at radius 3 is 2.93 bits per heavy atom. The molecule has 0 bridgehead atoms. The van der Waals surface area contributed by atoms with Gasteiger partial charge in [0.15, 0.2) is 5.82 Å². The van der Waals surface area contributed by atoms with Gasteiger partial charge < -0.3 is 14.2 Å². The summed E-state index contributed by atoms with van der Waals surface area (Å²) in [5.74, 6) is 2.23. The average Bonchev–Trinajstić information content (AvgIpc) is 3.32. The van der Waals surface area contributed by atoms with Crippen LogP contribution in [0.3, 0.4) is 0 Å². The van der Waals surface area contributed by atoms with E-state index in [0.29, 0.717) is 24.3 Å². The topological polar surface area (TPSA) is 60.3 Å². The van der Waals surface area contributed by atoms with Crippen LogP contribution in [0.1, 0.15) is 19.3 Å². The third-order valence-electron chi connectivity index (χ3n) is 5.53. The van der Waals surface area contributed by atoms with Gasteiger partial charge in [-0.2, -0.15) is 0 Å². The van der Waals surface area contributed by atoms with Gasteiger partial charge >= 0.3 is 0 Å². The highest BCUT2D eigenvalue weighted by molar-refractivity contribution is 5.86. The number of hydrogen-bond acceptors (Lipinski definition) is 4. The number of pyridine rings is 1. The first kappa shape index (κ1) is 16.3. The van der Waals surface area contributed by atoms with E-state index >= 15 is 0 Å². The van der Waals surface area contributed by atoms with Crippen molar-refractivity contribution in [3.8, 4) is 17.3 Å². The van der Waals surface area contributed by atoms with Crippen LogP contribution in [-0.2, 0) is 11.3 Å². The molecule has 0 spiro atoms. The lowest BCUT2D eigenvalue weighted by atomic mass is 10.1. The maximum atomic E-state index is 12.2. The number of methoxy groups -OCH3 is 1. The molecule has 2 aliphatic rings. The zero-order valence-electron chi connectivity index (χ0n) is 15.3. The predicted molar refractivity (Wildman–Crippen MR) is 102 cm³/mol. The van der Waals surface area contributed by atoms with Gasteiger partial charge in [0.05, 0.1) is 7.11 Å². The van der Waals surface area contributed by atoms with E-state index in [1.54, 1.807) is 13.3 Å². The molecule has 27 heavy (non-hydrogen) atoms. The lowest BCUT2D eigenvalue weighted by molar-refractivity contribution is -0.128. The number of carbonyl (C=O) groups excluding carboxylic acids is 1. The molecule has 1 aromatic carbocycles. The van der Waals surface area contributed by atoms with Crippen LogP contribution in [0.15, 0.2) is 42.7 Å². The summed E-state index contributed by atoms with van der Waals surface area (Å²) in [6.45, 7) is 1.65. The van der Waals surface area contributed by atoms with Crippen molar-refractivity contribution in [2.24, 2.45) is 5.92 Å². The molecular weight excluding hydrogens is 340 g/mol. The van der Waals surface area contributed by atoms with Gasteiger partial charge in [-0.15, -0.1) is 0 Å². The zero-order valence-corrected chi connectivity index (χ0v) is 15.3. The molecule has 0 N–H and O–H groups in total. The molecule has 2 fully saturated rings. The Labute approximate surface area is 157 Å². The molecule has 1 aliphatic heterocycles. The van der Waals surface area contributed by atoms with Crippen LogP contribution < -0.4 is 4.74 Å². The fourth-order valence-corrected chi connectivity index (χ4v) is 4.05. The summed E-state index contributed by atoms with van der Waals surface area (Å²) in [6.07, 6.45) is 6.74. The second kappa shape index (κ2) is 6.37.